The van der Waals surface area contributed by atoms with Crippen molar-refractivity contribution in [3.05, 3.63) is 35.9 Å². The Balaban J connectivity index is 2.54. The molecular weight excluding hydrogens is 291 g/mol. The second-order valence-electron chi connectivity index (χ2n) is 4.10. The molecule has 116 valence electrons. The normalized spacial score (nSPS) is 12.4. The predicted molar refractivity (Wildman–Crippen MR) is 66.2 cm³/mol. The van der Waals surface area contributed by atoms with Crippen molar-refractivity contribution in [2.75, 3.05) is 7.11 Å². The number of esters is 1. The van der Waals surface area contributed by atoms with Crippen LogP contribution in [0, 0.1) is 0 Å². The molecule has 1 aromatic rings. The third-order valence-electron chi connectivity index (χ3n) is 2.43. The van der Waals surface area contributed by atoms with Gasteiger partial charge in [0.15, 0.2) is 0 Å². The molecule has 0 spiro atoms. The van der Waals surface area contributed by atoms with E-state index in [-0.39, 0.29) is 6.61 Å². The van der Waals surface area contributed by atoms with Crippen molar-refractivity contribution < 1.29 is 32.2 Å². The fraction of sp³-hybridized carbons (Fsp3) is 0.385. The third kappa shape index (κ3) is 6.64. The minimum atomic E-state index is -4.62. The highest BCUT2D eigenvalue weighted by Crippen LogP contribution is 2.22. The molecule has 0 heterocycles. The summed E-state index contributed by atoms with van der Waals surface area (Å²) in [5.74, 6) is -1.19. The zero-order valence-corrected chi connectivity index (χ0v) is 11.1. The Labute approximate surface area is 119 Å². The van der Waals surface area contributed by atoms with Crippen LogP contribution in [0.5, 0.6) is 0 Å². The van der Waals surface area contributed by atoms with Crippen LogP contribution in [0.15, 0.2) is 30.3 Å². The number of halogens is 3. The summed E-state index contributed by atoms with van der Waals surface area (Å²) in [6, 6.07) is 6.73. The highest BCUT2D eigenvalue weighted by molar-refractivity contribution is 5.81. The van der Waals surface area contributed by atoms with Crippen molar-refractivity contribution in [3.8, 4) is 0 Å². The van der Waals surface area contributed by atoms with E-state index in [1.54, 1.807) is 30.3 Å². The summed E-state index contributed by atoms with van der Waals surface area (Å²) >= 11 is 0. The van der Waals surface area contributed by atoms with Crippen LogP contribution in [0.2, 0.25) is 0 Å². The van der Waals surface area contributed by atoms with Gasteiger partial charge in [-0.3, -0.25) is 0 Å². The van der Waals surface area contributed by atoms with E-state index in [2.05, 4.69) is 4.74 Å². The van der Waals surface area contributed by atoms with Crippen molar-refractivity contribution in [2.24, 2.45) is 0 Å². The maximum absolute atomic E-state index is 12.3. The quantitative estimate of drug-likeness (QED) is 0.848. The molecule has 0 saturated carbocycles. The van der Waals surface area contributed by atoms with Crippen LogP contribution >= 0.6 is 0 Å². The van der Waals surface area contributed by atoms with Crippen LogP contribution < -0.4 is 5.32 Å². The van der Waals surface area contributed by atoms with Gasteiger partial charge < -0.3 is 14.8 Å². The highest BCUT2D eigenvalue weighted by atomic mass is 19.4. The van der Waals surface area contributed by atoms with Crippen molar-refractivity contribution in [1.82, 2.24) is 5.32 Å². The molecule has 0 aliphatic heterocycles. The second-order valence-corrected chi connectivity index (χ2v) is 4.10. The van der Waals surface area contributed by atoms with E-state index >= 15 is 0 Å². The van der Waals surface area contributed by atoms with Crippen LogP contribution in [-0.2, 0) is 20.9 Å². The summed E-state index contributed by atoms with van der Waals surface area (Å²) in [6.07, 6.45) is -7.27. The topological polar surface area (TPSA) is 64.6 Å². The number of ether oxygens (including phenoxy) is 2. The van der Waals surface area contributed by atoms with E-state index in [0.717, 1.165) is 7.11 Å². The number of nitrogens with one attached hydrogen (secondary N) is 1. The number of hydrogen-bond donors (Lipinski definition) is 1. The molecule has 8 heteroatoms. The summed E-state index contributed by atoms with van der Waals surface area (Å²) in [5, 5.41) is 1.84. The lowest BCUT2D eigenvalue weighted by Crippen LogP contribution is -2.44. The maximum Gasteiger partial charge on any atom is 0.408 e. The van der Waals surface area contributed by atoms with Gasteiger partial charge in [0.1, 0.15) is 12.6 Å². The second kappa shape index (κ2) is 7.51. The SMILES string of the molecule is COC(=O)C(CC(F)(F)F)NC(=O)OCc1ccccc1. The molecule has 5 nitrogen and oxygen atoms in total. The summed E-state index contributed by atoms with van der Waals surface area (Å²) in [6.45, 7) is -0.118. The molecule has 0 aliphatic carbocycles. The Kier molecular flexibility index (Phi) is 6.01. The molecule has 1 N–H and O–H groups in total. The summed E-state index contributed by atoms with van der Waals surface area (Å²) in [4.78, 5) is 22.6. The number of carbonyl (C=O) groups excluding carboxylic acids is 2. The average Bonchev–Trinajstić information content (AvgIpc) is 2.43. The number of amides is 1. The Morgan fingerprint density at radius 2 is 1.86 bits per heavy atom. The monoisotopic (exact) mass is 305 g/mol. The number of alkyl carbamates (subject to hydrolysis) is 1. The van der Waals surface area contributed by atoms with E-state index < -0.39 is 30.7 Å². The first kappa shape index (κ1) is 16.8. The molecule has 0 aliphatic rings. The van der Waals surface area contributed by atoms with Crippen LogP contribution in [-0.4, -0.2) is 31.4 Å². The lowest BCUT2D eigenvalue weighted by Gasteiger charge is -2.17. The number of rotatable bonds is 5. The first-order chi connectivity index (χ1) is 9.81. The van der Waals surface area contributed by atoms with Gasteiger partial charge in [-0.1, -0.05) is 30.3 Å². The van der Waals surface area contributed by atoms with Crippen LogP contribution in [0.25, 0.3) is 0 Å². The highest BCUT2D eigenvalue weighted by Gasteiger charge is 2.37. The van der Waals surface area contributed by atoms with Gasteiger partial charge in [-0.15, -0.1) is 0 Å². The molecular formula is C13H14F3NO4. The van der Waals surface area contributed by atoms with E-state index in [1.165, 1.54) is 0 Å². The van der Waals surface area contributed by atoms with Gasteiger partial charge in [0.25, 0.3) is 0 Å². The smallest absolute Gasteiger partial charge is 0.408 e. The Morgan fingerprint density at radius 3 is 2.38 bits per heavy atom. The van der Waals surface area contributed by atoms with Gasteiger partial charge in [0.05, 0.1) is 13.5 Å². The van der Waals surface area contributed by atoms with Gasteiger partial charge in [0.2, 0.25) is 0 Å². The molecule has 21 heavy (non-hydrogen) atoms. The fourth-order valence-electron chi connectivity index (χ4n) is 1.47. The van der Waals surface area contributed by atoms with Crippen LogP contribution in [0.3, 0.4) is 0 Å². The molecule has 1 aromatic carbocycles. The molecule has 1 atom stereocenters. The van der Waals surface area contributed by atoms with Crippen molar-refractivity contribution in [3.63, 3.8) is 0 Å². The molecule has 0 saturated heterocycles. The lowest BCUT2D eigenvalue weighted by molar-refractivity contribution is -0.160. The fourth-order valence-corrected chi connectivity index (χ4v) is 1.47. The van der Waals surface area contributed by atoms with Gasteiger partial charge >= 0.3 is 18.2 Å². The maximum atomic E-state index is 12.3. The lowest BCUT2D eigenvalue weighted by atomic mass is 10.2. The number of hydrogen-bond acceptors (Lipinski definition) is 4. The Hall–Kier alpha value is -2.25. The van der Waals surface area contributed by atoms with Gasteiger partial charge in [-0.05, 0) is 5.56 Å². The van der Waals surface area contributed by atoms with Gasteiger partial charge in [0, 0.05) is 0 Å². The summed E-state index contributed by atoms with van der Waals surface area (Å²) in [5.41, 5.74) is 0.665. The van der Waals surface area contributed by atoms with Crippen molar-refractivity contribution >= 4 is 12.1 Å². The predicted octanol–water partition coefficient (Wildman–Crippen LogP) is 2.41. The minimum Gasteiger partial charge on any atom is -0.467 e. The Bertz CT molecular complexity index is 476. The number of methoxy groups -OCH3 is 1. The number of alkyl halides is 3. The first-order valence-corrected chi connectivity index (χ1v) is 5.93. The van der Waals surface area contributed by atoms with E-state index in [0.29, 0.717) is 5.56 Å². The Morgan fingerprint density at radius 1 is 1.24 bits per heavy atom. The zero-order valence-electron chi connectivity index (χ0n) is 11.1. The number of benzene rings is 1. The summed E-state index contributed by atoms with van der Waals surface area (Å²) in [7, 11) is 0.933. The van der Waals surface area contributed by atoms with Gasteiger partial charge in [-0.25, -0.2) is 9.59 Å². The van der Waals surface area contributed by atoms with Gasteiger partial charge in [-0.2, -0.15) is 13.2 Å². The molecule has 1 amide bonds. The molecule has 0 fully saturated rings. The standard InChI is InChI=1S/C13H14F3NO4/c1-20-11(18)10(7-13(14,15)16)17-12(19)21-8-9-5-3-2-4-6-9/h2-6,10H,7-8H2,1H3,(H,17,19). The van der Waals surface area contributed by atoms with E-state index in [4.69, 9.17) is 4.74 Å². The largest absolute Gasteiger partial charge is 0.467 e. The third-order valence-corrected chi connectivity index (χ3v) is 2.43. The van der Waals surface area contributed by atoms with Crippen molar-refractivity contribution in [1.29, 1.82) is 0 Å². The molecule has 1 unspecified atom stereocenters. The van der Waals surface area contributed by atoms with E-state index in [9.17, 15) is 22.8 Å². The van der Waals surface area contributed by atoms with Crippen molar-refractivity contribution in [2.45, 2.75) is 25.2 Å². The number of carbonyl (C=O) groups is 2. The molecule has 1 rings (SSSR count). The first-order valence-electron chi connectivity index (χ1n) is 5.93. The van der Waals surface area contributed by atoms with Crippen LogP contribution in [0.4, 0.5) is 18.0 Å². The molecule has 0 bridgehead atoms. The zero-order chi connectivity index (χ0) is 15.9. The summed E-state index contributed by atoms with van der Waals surface area (Å²) < 4.78 is 45.9. The van der Waals surface area contributed by atoms with E-state index in [1.807, 2.05) is 5.32 Å². The average molecular weight is 305 g/mol. The minimum absolute atomic E-state index is 0.118. The molecule has 0 radical (unpaired) electrons. The van der Waals surface area contributed by atoms with Crippen LogP contribution in [0.1, 0.15) is 12.0 Å². The molecule has 0 aromatic heterocycles.